The topological polar surface area (TPSA) is 177 Å². The lowest BCUT2D eigenvalue weighted by Crippen LogP contribution is -2.57. The van der Waals surface area contributed by atoms with Gasteiger partial charge in [0.25, 0.3) is 0 Å². The number of aliphatic carboxylic acids is 1. The molecular weight excluding hydrogens is 398 g/mol. The van der Waals surface area contributed by atoms with E-state index in [1.54, 1.807) is 25.6 Å². The van der Waals surface area contributed by atoms with Gasteiger partial charge in [-0.25, -0.2) is 0 Å². The molecule has 0 saturated carbocycles. The van der Waals surface area contributed by atoms with Crippen molar-refractivity contribution in [1.29, 1.82) is 0 Å². The van der Waals surface area contributed by atoms with Crippen LogP contribution < -0.4 is 27.4 Å². The summed E-state index contributed by atoms with van der Waals surface area (Å²) in [6.07, 6.45) is 3.95. The van der Waals surface area contributed by atoms with Crippen molar-refractivity contribution in [3.8, 4) is 0 Å². The Morgan fingerprint density at radius 1 is 1.00 bits per heavy atom. The summed E-state index contributed by atoms with van der Waals surface area (Å²) in [5, 5.41) is 16.3. The van der Waals surface area contributed by atoms with E-state index in [9.17, 15) is 19.2 Å². The Morgan fingerprint density at radius 3 is 2.17 bits per heavy atom. The molecule has 0 heterocycles. The van der Waals surface area contributed by atoms with Crippen LogP contribution in [0.25, 0.3) is 0 Å². The van der Waals surface area contributed by atoms with E-state index in [1.165, 1.54) is 0 Å². The molecule has 0 spiro atoms. The number of thioether (sulfide) groups is 1. The van der Waals surface area contributed by atoms with Crippen molar-refractivity contribution >= 4 is 35.5 Å². The lowest BCUT2D eigenvalue weighted by molar-refractivity contribution is -0.138. The van der Waals surface area contributed by atoms with E-state index in [0.717, 1.165) is 5.75 Å². The highest BCUT2D eigenvalue weighted by Crippen LogP contribution is 2.07. The molecule has 10 nitrogen and oxygen atoms in total. The van der Waals surface area contributed by atoms with Gasteiger partial charge in [-0.2, -0.15) is 11.8 Å². The van der Waals surface area contributed by atoms with Gasteiger partial charge >= 0.3 is 5.97 Å². The van der Waals surface area contributed by atoms with Crippen molar-refractivity contribution in [2.24, 2.45) is 17.4 Å². The van der Waals surface area contributed by atoms with Gasteiger partial charge in [-0.05, 0) is 50.2 Å². The minimum absolute atomic E-state index is 0.238. The highest BCUT2D eigenvalue weighted by atomic mass is 32.2. The van der Waals surface area contributed by atoms with Gasteiger partial charge in [0.1, 0.15) is 18.6 Å². The number of carbonyl (C=O) groups is 4. The molecule has 29 heavy (non-hydrogen) atoms. The maximum absolute atomic E-state index is 12.8. The highest BCUT2D eigenvalue weighted by molar-refractivity contribution is 7.98. The van der Waals surface area contributed by atoms with E-state index < -0.39 is 48.4 Å². The fourth-order valence-electron chi connectivity index (χ4n) is 2.48. The molecule has 0 saturated heterocycles. The Morgan fingerprint density at radius 2 is 1.66 bits per heavy atom. The first-order valence-corrected chi connectivity index (χ1v) is 11.1. The molecule has 0 radical (unpaired) electrons. The quantitative estimate of drug-likeness (QED) is 0.179. The third kappa shape index (κ3) is 11.7. The fraction of sp³-hybridized carbons (Fsp3) is 0.778. The van der Waals surface area contributed by atoms with Crippen molar-refractivity contribution in [1.82, 2.24) is 16.0 Å². The van der Waals surface area contributed by atoms with Gasteiger partial charge in [0.05, 0.1) is 6.04 Å². The van der Waals surface area contributed by atoms with Gasteiger partial charge in [-0.15, -0.1) is 0 Å². The number of nitrogens with one attached hydrogen (secondary N) is 3. The van der Waals surface area contributed by atoms with Crippen LogP contribution in [0.1, 0.15) is 39.5 Å². The molecule has 0 aliphatic heterocycles. The molecule has 0 fully saturated rings. The molecule has 0 aromatic heterocycles. The van der Waals surface area contributed by atoms with Gasteiger partial charge in [0.15, 0.2) is 0 Å². The van der Waals surface area contributed by atoms with E-state index in [-0.39, 0.29) is 5.92 Å². The molecule has 8 N–H and O–H groups in total. The molecule has 3 atom stereocenters. The van der Waals surface area contributed by atoms with Crippen molar-refractivity contribution in [3.05, 3.63) is 0 Å². The number of amides is 3. The number of rotatable bonds is 15. The van der Waals surface area contributed by atoms with Crippen molar-refractivity contribution in [2.75, 3.05) is 25.1 Å². The number of unbranched alkanes of at least 4 members (excludes halogenated alkanes) is 1. The Hall–Kier alpha value is -1.85. The Kier molecular flexibility index (Phi) is 14.1. The standard InChI is InChI=1S/C18H35N5O5S/c1-11(2)15(23-16(26)12(20)7-9-29-3)18(28)22-13(6-4-5-8-19)17(27)21-10-14(24)25/h11-13,15H,4-10,19-20H2,1-3H3,(H,21,27)(H,22,28)(H,23,26)(H,24,25). The normalized spacial score (nSPS) is 14.0. The molecular formula is C18H35N5O5S. The van der Waals surface area contributed by atoms with Crippen molar-refractivity contribution in [3.63, 3.8) is 0 Å². The maximum atomic E-state index is 12.8. The Bertz CT molecular complexity index is 547. The Labute approximate surface area is 176 Å². The lowest BCUT2D eigenvalue weighted by atomic mass is 10.0. The largest absolute Gasteiger partial charge is 0.480 e. The second-order valence-electron chi connectivity index (χ2n) is 7.08. The van der Waals surface area contributed by atoms with Gasteiger partial charge in [0.2, 0.25) is 17.7 Å². The predicted molar refractivity (Wildman–Crippen MR) is 113 cm³/mol. The van der Waals surface area contributed by atoms with Crippen LogP contribution in [0.15, 0.2) is 0 Å². The van der Waals surface area contributed by atoms with Crippen LogP contribution >= 0.6 is 11.8 Å². The fourth-order valence-corrected chi connectivity index (χ4v) is 2.97. The van der Waals surface area contributed by atoms with E-state index in [4.69, 9.17) is 16.6 Å². The van der Waals surface area contributed by atoms with Crippen molar-refractivity contribution < 1.29 is 24.3 Å². The smallest absolute Gasteiger partial charge is 0.322 e. The summed E-state index contributed by atoms with van der Waals surface area (Å²) in [6, 6.07) is -2.51. The molecule has 0 aliphatic carbocycles. The SMILES string of the molecule is CSCCC(N)C(=O)NC(C(=O)NC(CCCCN)C(=O)NCC(=O)O)C(C)C. The number of hydrogen-bond donors (Lipinski definition) is 6. The van der Waals surface area contributed by atoms with E-state index in [2.05, 4.69) is 16.0 Å². The summed E-state index contributed by atoms with van der Waals surface area (Å²) >= 11 is 1.57. The van der Waals surface area contributed by atoms with Crippen LogP contribution in [0.3, 0.4) is 0 Å². The first-order valence-electron chi connectivity index (χ1n) is 9.68. The van der Waals surface area contributed by atoms with E-state index in [0.29, 0.717) is 32.2 Å². The van der Waals surface area contributed by atoms with Crippen LogP contribution in [0.2, 0.25) is 0 Å². The molecule has 0 aliphatic rings. The van der Waals surface area contributed by atoms with Crippen molar-refractivity contribution in [2.45, 2.75) is 57.7 Å². The van der Waals surface area contributed by atoms with Crippen LogP contribution in [0, 0.1) is 5.92 Å². The molecule has 11 heteroatoms. The number of carbonyl (C=O) groups excluding carboxylic acids is 3. The molecule has 3 unspecified atom stereocenters. The summed E-state index contributed by atoms with van der Waals surface area (Å²) in [6.45, 7) is 3.44. The zero-order valence-corrected chi connectivity index (χ0v) is 18.2. The minimum Gasteiger partial charge on any atom is -0.480 e. The maximum Gasteiger partial charge on any atom is 0.322 e. The van der Waals surface area contributed by atoms with Gasteiger partial charge in [-0.1, -0.05) is 13.8 Å². The lowest BCUT2D eigenvalue weighted by Gasteiger charge is -2.26. The van der Waals surface area contributed by atoms with E-state index >= 15 is 0 Å². The Balaban J connectivity index is 5.08. The molecule has 0 rings (SSSR count). The average Bonchev–Trinajstić information content (AvgIpc) is 2.66. The third-order valence-electron chi connectivity index (χ3n) is 4.21. The summed E-state index contributed by atoms with van der Waals surface area (Å²) < 4.78 is 0. The van der Waals surface area contributed by atoms with Crippen LogP contribution in [0.4, 0.5) is 0 Å². The van der Waals surface area contributed by atoms with Gasteiger partial charge in [-0.3, -0.25) is 19.2 Å². The monoisotopic (exact) mass is 433 g/mol. The zero-order valence-electron chi connectivity index (χ0n) is 17.4. The summed E-state index contributed by atoms with van der Waals surface area (Å²) in [5.74, 6) is -2.24. The van der Waals surface area contributed by atoms with E-state index in [1.807, 2.05) is 6.26 Å². The summed E-state index contributed by atoms with van der Waals surface area (Å²) in [7, 11) is 0. The molecule has 0 aromatic carbocycles. The number of nitrogens with two attached hydrogens (primary N) is 2. The highest BCUT2D eigenvalue weighted by Gasteiger charge is 2.29. The minimum atomic E-state index is -1.18. The number of carboxylic acid groups (broad SMARTS) is 1. The number of carboxylic acids is 1. The third-order valence-corrected chi connectivity index (χ3v) is 4.85. The molecule has 3 amide bonds. The van der Waals surface area contributed by atoms with Crippen LogP contribution in [0.5, 0.6) is 0 Å². The summed E-state index contributed by atoms with van der Waals surface area (Å²) in [4.78, 5) is 48.0. The number of hydrogen-bond acceptors (Lipinski definition) is 7. The van der Waals surface area contributed by atoms with Gasteiger partial charge in [0, 0.05) is 0 Å². The first-order chi connectivity index (χ1) is 13.6. The van der Waals surface area contributed by atoms with Gasteiger partial charge < -0.3 is 32.5 Å². The van der Waals surface area contributed by atoms with Crippen LogP contribution in [-0.2, 0) is 19.2 Å². The average molecular weight is 434 g/mol. The summed E-state index contributed by atoms with van der Waals surface area (Å²) in [5.41, 5.74) is 11.3. The molecule has 168 valence electrons. The first kappa shape index (κ1) is 27.1. The second kappa shape index (κ2) is 15.1. The zero-order chi connectivity index (χ0) is 22.4. The molecule has 0 bridgehead atoms. The predicted octanol–water partition coefficient (Wildman–Crippen LogP) is -0.978. The second-order valence-corrected chi connectivity index (χ2v) is 8.06. The van der Waals surface area contributed by atoms with Crippen LogP contribution in [-0.4, -0.2) is 72.0 Å². The molecule has 0 aromatic rings.